The number of aromatic nitrogens is 4. The number of nitrogens with zero attached hydrogens (tertiary/aromatic N) is 5. The number of nitrogen functional groups attached to an aromatic ring is 1. The van der Waals surface area contributed by atoms with Gasteiger partial charge >= 0.3 is 0 Å². The molecule has 0 amide bonds. The Bertz CT molecular complexity index is 772. The van der Waals surface area contributed by atoms with E-state index >= 15 is 0 Å². The van der Waals surface area contributed by atoms with Gasteiger partial charge in [-0.3, -0.25) is 0 Å². The van der Waals surface area contributed by atoms with Crippen molar-refractivity contribution in [3.8, 4) is 0 Å². The molecule has 0 saturated carbocycles. The minimum atomic E-state index is 0.159. The van der Waals surface area contributed by atoms with Crippen LogP contribution in [0.3, 0.4) is 0 Å². The molecule has 0 spiro atoms. The number of hydrogen-bond donors (Lipinski definition) is 2. The summed E-state index contributed by atoms with van der Waals surface area (Å²) in [5.41, 5.74) is 7.81. The number of anilines is 2. The summed E-state index contributed by atoms with van der Waals surface area (Å²) in [6.07, 6.45) is 6.83. The number of nitrogens with two attached hydrogens (primary N) is 1. The Morgan fingerprint density at radius 2 is 2.09 bits per heavy atom. The van der Waals surface area contributed by atoms with Crippen LogP contribution in [-0.4, -0.2) is 44.3 Å². The second kappa shape index (κ2) is 4.92. The van der Waals surface area contributed by atoms with Crippen LogP contribution in [0.25, 0.3) is 11.2 Å². The molecule has 2 aliphatic rings. The zero-order chi connectivity index (χ0) is 16.2. The largest absolute Gasteiger partial charge is 0.396 e. The van der Waals surface area contributed by atoms with Crippen LogP contribution in [0.4, 0.5) is 11.8 Å². The maximum atomic E-state index is 9.32. The molecule has 122 valence electrons. The van der Waals surface area contributed by atoms with Crippen LogP contribution in [-0.2, 0) is 0 Å². The van der Waals surface area contributed by atoms with Gasteiger partial charge in [-0.1, -0.05) is 26.0 Å². The van der Waals surface area contributed by atoms with Crippen molar-refractivity contribution < 1.29 is 5.11 Å². The number of fused-ring (bicyclic) bond motifs is 1. The first kappa shape index (κ1) is 14.4. The van der Waals surface area contributed by atoms with Crippen LogP contribution in [0.2, 0.25) is 0 Å². The predicted molar refractivity (Wildman–Crippen MR) is 89.1 cm³/mol. The lowest BCUT2D eigenvalue weighted by Crippen LogP contribution is -2.53. The minimum Gasteiger partial charge on any atom is -0.396 e. The summed E-state index contributed by atoms with van der Waals surface area (Å²) in [5.74, 6) is 1.30. The molecule has 0 unspecified atom stereocenters. The van der Waals surface area contributed by atoms with E-state index in [2.05, 4.69) is 45.9 Å². The fourth-order valence-electron chi connectivity index (χ4n) is 3.61. The topological polar surface area (TPSA) is 93.1 Å². The van der Waals surface area contributed by atoms with Crippen molar-refractivity contribution in [2.24, 2.45) is 11.3 Å². The third-order valence-electron chi connectivity index (χ3n) is 4.70. The standard InChI is InChI=1S/C16H22N6O/c1-16(2)7-21(8-16)13-12-14(20-15(17)19-13)22(9-18-12)11-4-3-10(5-11)6-23/h3-4,9-11,23H,5-8H2,1-2H3,(H2,17,19,20)/t10-,11+/m1/s1. The van der Waals surface area contributed by atoms with E-state index in [1.165, 1.54) is 0 Å². The molecule has 4 rings (SSSR count). The van der Waals surface area contributed by atoms with E-state index in [4.69, 9.17) is 5.73 Å². The van der Waals surface area contributed by atoms with Crippen LogP contribution in [0.15, 0.2) is 18.5 Å². The van der Waals surface area contributed by atoms with Gasteiger partial charge in [-0.2, -0.15) is 9.97 Å². The SMILES string of the molecule is CC1(C)CN(c2nc(N)nc3c2ncn3[C@H]2C=C[C@@H](CO)C2)C1. The van der Waals surface area contributed by atoms with Crippen molar-refractivity contribution in [1.82, 2.24) is 19.5 Å². The monoisotopic (exact) mass is 314 g/mol. The molecule has 1 aliphatic carbocycles. The van der Waals surface area contributed by atoms with Crippen molar-refractivity contribution >= 4 is 22.9 Å². The molecule has 1 fully saturated rings. The maximum absolute atomic E-state index is 9.32. The van der Waals surface area contributed by atoms with E-state index < -0.39 is 0 Å². The molecule has 7 nitrogen and oxygen atoms in total. The average molecular weight is 314 g/mol. The van der Waals surface area contributed by atoms with Crippen LogP contribution in [0, 0.1) is 11.3 Å². The van der Waals surface area contributed by atoms with Gasteiger partial charge in [0.05, 0.1) is 12.4 Å². The van der Waals surface area contributed by atoms with E-state index in [1.54, 1.807) is 0 Å². The summed E-state index contributed by atoms with van der Waals surface area (Å²) in [4.78, 5) is 15.6. The zero-order valence-corrected chi connectivity index (χ0v) is 13.5. The molecule has 2 aromatic rings. The lowest BCUT2D eigenvalue weighted by molar-refractivity contribution is 0.244. The number of imidazole rings is 1. The van der Waals surface area contributed by atoms with Gasteiger partial charge in [0.15, 0.2) is 17.0 Å². The third kappa shape index (κ3) is 2.35. The van der Waals surface area contributed by atoms with E-state index in [9.17, 15) is 5.11 Å². The summed E-state index contributed by atoms with van der Waals surface area (Å²) in [5, 5.41) is 9.32. The smallest absolute Gasteiger partial charge is 0.224 e. The van der Waals surface area contributed by atoms with Crippen molar-refractivity contribution in [2.75, 3.05) is 30.3 Å². The molecular weight excluding hydrogens is 292 g/mol. The maximum Gasteiger partial charge on any atom is 0.224 e. The summed E-state index contributed by atoms with van der Waals surface area (Å²) in [6, 6.07) is 0.159. The van der Waals surface area contributed by atoms with Crippen molar-refractivity contribution in [3.63, 3.8) is 0 Å². The van der Waals surface area contributed by atoms with Crippen LogP contribution in [0.5, 0.6) is 0 Å². The van der Waals surface area contributed by atoms with E-state index in [0.29, 0.717) is 5.41 Å². The highest BCUT2D eigenvalue weighted by atomic mass is 16.3. The summed E-state index contributed by atoms with van der Waals surface area (Å²) in [6.45, 7) is 6.54. The third-order valence-corrected chi connectivity index (χ3v) is 4.70. The molecule has 3 N–H and O–H groups in total. The molecule has 23 heavy (non-hydrogen) atoms. The Morgan fingerprint density at radius 3 is 2.74 bits per heavy atom. The Balaban J connectivity index is 1.73. The summed E-state index contributed by atoms with van der Waals surface area (Å²) >= 11 is 0. The van der Waals surface area contributed by atoms with Crippen molar-refractivity contribution in [1.29, 1.82) is 0 Å². The van der Waals surface area contributed by atoms with Gasteiger partial charge in [0.2, 0.25) is 5.95 Å². The molecule has 0 bridgehead atoms. The fourth-order valence-corrected chi connectivity index (χ4v) is 3.61. The van der Waals surface area contributed by atoms with E-state index in [-0.39, 0.29) is 24.5 Å². The van der Waals surface area contributed by atoms with Crippen LogP contribution in [0.1, 0.15) is 26.3 Å². The molecule has 0 aromatic carbocycles. The predicted octanol–water partition coefficient (Wildman–Crippen LogP) is 1.36. The number of hydrogen-bond acceptors (Lipinski definition) is 6. The van der Waals surface area contributed by atoms with Gasteiger partial charge in [0.1, 0.15) is 0 Å². The van der Waals surface area contributed by atoms with Gasteiger partial charge in [0.25, 0.3) is 0 Å². The molecule has 2 aromatic heterocycles. The summed E-state index contributed by atoms with van der Waals surface area (Å²) in [7, 11) is 0. The van der Waals surface area contributed by atoms with Gasteiger partial charge in [-0.05, 0) is 11.8 Å². The minimum absolute atomic E-state index is 0.159. The van der Waals surface area contributed by atoms with E-state index in [0.717, 1.165) is 36.5 Å². The Kier molecular flexibility index (Phi) is 3.09. The van der Waals surface area contributed by atoms with Gasteiger partial charge < -0.3 is 20.3 Å². The highest BCUT2D eigenvalue weighted by molar-refractivity contribution is 5.85. The number of allylic oxidation sites excluding steroid dienone is 1. The van der Waals surface area contributed by atoms with E-state index in [1.807, 2.05) is 10.9 Å². The first-order chi connectivity index (χ1) is 11.0. The van der Waals surface area contributed by atoms with Crippen molar-refractivity contribution in [2.45, 2.75) is 26.3 Å². The normalized spacial score (nSPS) is 26.0. The first-order valence-corrected chi connectivity index (χ1v) is 8.01. The fraction of sp³-hybridized carbons (Fsp3) is 0.562. The second-order valence-corrected chi connectivity index (χ2v) is 7.38. The summed E-state index contributed by atoms with van der Waals surface area (Å²) < 4.78 is 2.04. The number of rotatable bonds is 3. The van der Waals surface area contributed by atoms with Crippen LogP contribution >= 0.6 is 0 Å². The number of aliphatic hydroxyl groups excluding tert-OH is 1. The first-order valence-electron chi connectivity index (χ1n) is 8.01. The number of aliphatic hydroxyl groups is 1. The molecule has 1 saturated heterocycles. The van der Waals surface area contributed by atoms with Crippen molar-refractivity contribution in [3.05, 3.63) is 18.5 Å². The average Bonchev–Trinajstić information content (AvgIpc) is 3.09. The molecular formula is C16H22N6O. The van der Waals surface area contributed by atoms with Gasteiger partial charge in [0, 0.05) is 25.6 Å². The molecule has 3 heterocycles. The lowest BCUT2D eigenvalue weighted by atomic mass is 9.84. The Hall–Kier alpha value is -2.15. The van der Waals surface area contributed by atoms with Gasteiger partial charge in [-0.15, -0.1) is 0 Å². The highest BCUT2D eigenvalue weighted by Gasteiger charge is 2.36. The molecule has 1 aliphatic heterocycles. The van der Waals surface area contributed by atoms with Gasteiger partial charge in [-0.25, -0.2) is 4.98 Å². The second-order valence-electron chi connectivity index (χ2n) is 7.38. The molecule has 0 radical (unpaired) electrons. The zero-order valence-electron chi connectivity index (χ0n) is 13.5. The molecule has 7 heteroatoms. The Morgan fingerprint density at radius 1 is 1.30 bits per heavy atom. The molecule has 2 atom stereocenters. The highest BCUT2D eigenvalue weighted by Crippen LogP contribution is 2.37. The lowest BCUT2D eigenvalue weighted by Gasteiger charge is -2.46. The quantitative estimate of drug-likeness (QED) is 0.831. The Labute approximate surface area is 134 Å². The van der Waals surface area contributed by atoms with Crippen LogP contribution < -0.4 is 10.6 Å².